The quantitative estimate of drug-likeness (QED) is 0.757. The summed E-state index contributed by atoms with van der Waals surface area (Å²) in [5, 5.41) is 4.38. The van der Waals surface area contributed by atoms with Crippen LogP contribution >= 0.6 is 11.3 Å². The van der Waals surface area contributed by atoms with Gasteiger partial charge in [0.1, 0.15) is 0 Å². The van der Waals surface area contributed by atoms with Gasteiger partial charge >= 0.3 is 0 Å². The number of hydrogen-bond donors (Lipinski definition) is 1. The molecule has 3 rings (SSSR count). The molecule has 0 radical (unpaired) electrons. The van der Waals surface area contributed by atoms with Gasteiger partial charge in [-0.15, -0.1) is 0 Å². The van der Waals surface area contributed by atoms with Crippen LogP contribution in [0.25, 0.3) is 10.2 Å². The molecule has 0 spiro atoms. The van der Waals surface area contributed by atoms with Crippen LogP contribution in [0.1, 0.15) is 11.1 Å². The second-order valence-electron chi connectivity index (χ2n) is 4.27. The molecular weight excluding hydrogens is 240 g/mol. The smallest absolute Gasteiger partial charge is 0.184 e. The highest BCUT2D eigenvalue weighted by atomic mass is 32.1. The Morgan fingerprint density at radius 2 is 1.83 bits per heavy atom. The van der Waals surface area contributed by atoms with Crippen LogP contribution in [0, 0.1) is 6.92 Å². The predicted octanol–water partition coefficient (Wildman–Crippen LogP) is 4.22. The van der Waals surface area contributed by atoms with E-state index in [0.29, 0.717) is 0 Å². The number of thiazole rings is 1. The van der Waals surface area contributed by atoms with Crippen LogP contribution in [0.2, 0.25) is 0 Å². The molecular formula is C15H14N2S. The summed E-state index contributed by atoms with van der Waals surface area (Å²) in [7, 11) is 0. The SMILES string of the molecule is Cc1ccccc1CNc1nc2ccccc2s1. The molecule has 1 N–H and O–H groups in total. The van der Waals surface area contributed by atoms with Gasteiger partial charge in [0.2, 0.25) is 0 Å². The normalized spacial score (nSPS) is 10.7. The molecule has 0 bridgehead atoms. The van der Waals surface area contributed by atoms with Crippen molar-refractivity contribution in [1.29, 1.82) is 0 Å². The van der Waals surface area contributed by atoms with Gasteiger partial charge in [-0.3, -0.25) is 0 Å². The Morgan fingerprint density at radius 3 is 2.67 bits per heavy atom. The molecule has 3 heteroatoms. The Kier molecular flexibility index (Phi) is 2.99. The monoisotopic (exact) mass is 254 g/mol. The number of fused-ring (bicyclic) bond motifs is 1. The topological polar surface area (TPSA) is 24.9 Å². The first-order valence-electron chi connectivity index (χ1n) is 5.97. The van der Waals surface area contributed by atoms with Crippen LogP contribution in [-0.4, -0.2) is 4.98 Å². The minimum absolute atomic E-state index is 0.826. The van der Waals surface area contributed by atoms with Crippen LogP contribution in [-0.2, 0) is 6.54 Å². The van der Waals surface area contributed by atoms with E-state index in [9.17, 15) is 0 Å². The zero-order valence-electron chi connectivity index (χ0n) is 10.2. The minimum atomic E-state index is 0.826. The van der Waals surface area contributed by atoms with Gasteiger partial charge in [-0.05, 0) is 30.2 Å². The van der Waals surface area contributed by atoms with Gasteiger partial charge in [0, 0.05) is 6.54 Å². The van der Waals surface area contributed by atoms with E-state index < -0.39 is 0 Å². The van der Waals surface area contributed by atoms with Crippen LogP contribution in [0.5, 0.6) is 0 Å². The number of aromatic nitrogens is 1. The third-order valence-corrected chi connectivity index (χ3v) is 3.98. The van der Waals surface area contributed by atoms with Crippen LogP contribution in [0.4, 0.5) is 5.13 Å². The molecule has 0 aliphatic heterocycles. The molecule has 0 fully saturated rings. The van der Waals surface area contributed by atoms with Crippen LogP contribution < -0.4 is 5.32 Å². The molecule has 2 nitrogen and oxygen atoms in total. The highest BCUT2D eigenvalue weighted by Gasteiger charge is 2.03. The summed E-state index contributed by atoms with van der Waals surface area (Å²) < 4.78 is 1.23. The van der Waals surface area contributed by atoms with E-state index in [0.717, 1.165) is 17.2 Å². The molecule has 0 aliphatic carbocycles. The lowest BCUT2D eigenvalue weighted by molar-refractivity contribution is 1.11. The van der Waals surface area contributed by atoms with E-state index >= 15 is 0 Å². The van der Waals surface area contributed by atoms with Crippen molar-refractivity contribution in [3.8, 4) is 0 Å². The van der Waals surface area contributed by atoms with E-state index in [4.69, 9.17) is 0 Å². The van der Waals surface area contributed by atoms with Crippen molar-refractivity contribution in [3.63, 3.8) is 0 Å². The van der Waals surface area contributed by atoms with Gasteiger partial charge in [-0.1, -0.05) is 47.7 Å². The highest BCUT2D eigenvalue weighted by molar-refractivity contribution is 7.22. The van der Waals surface area contributed by atoms with Crippen molar-refractivity contribution in [2.24, 2.45) is 0 Å². The summed E-state index contributed by atoms with van der Waals surface area (Å²) in [4.78, 5) is 4.56. The third-order valence-electron chi connectivity index (χ3n) is 2.99. The lowest BCUT2D eigenvalue weighted by Crippen LogP contribution is -2.00. The summed E-state index contributed by atoms with van der Waals surface area (Å²) in [6.45, 7) is 2.96. The second kappa shape index (κ2) is 4.78. The number of nitrogens with one attached hydrogen (secondary N) is 1. The number of para-hydroxylation sites is 1. The maximum atomic E-state index is 4.56. The van der Waals surface area contributed by atoms with E-state index in [-0.39, 0.29) is 0 Å². The van der Waals surface area contributed by atoms with Crippen molar-refractivity contribution in [1.82, 2.24) is 4.98 Å². The molecule has 90 valence electrons. The highest BCUT2D eigenvalue weighted by Crippen LogP contribution is 2.25. The Labute approximate surface area is 110 Å². The van der Waals surface area contributed by atoms with Gasteiger partial charge in [0.05, 0.1) is 10.2 Å². The Morgan fingerprint density at radius 1 is 1.06 bits per heavy atom. The average Bonchev–Trinajstić information content (AvgIpc) is 2.80. The molecule has 0 amide bonds. The maximum absolute atomic E-state index is 4.56. The summed E-state index contributed by atoms with van der Waals surface area (Å²) in [6, 6.07) is 16.6. The van der Waals surface area contributed by atoms with Crippen molar-refractivity contribution in [2.75, 3.05) is 5.32 Å². The van der Waals surface area contributed by atoms with Crippen molar-refractivity contribution in [3.05, 3.63) is 59.7 Å². The summed E-state index contributed by atoms with van der Waals surface area (Å²) in [5.74, 6) is 0. The zero-order chi connectivity index (χ0) is 12.4. The summed E-state index contributed by atoms with van der Waals surface area (Å²) in [6.07, 6.45) is 0. The van der Waals surface area contributed by atoms with Gasteiger partial charge in [-0.25, -0.2) is 4.98 Å². The zero-order valence-corrected chi connectivity index (χ0v) is 11.0. The maximum Gasteiger partial charge on any atom is 0.184 e. The molecule has 0 unspecified atom stereocenters. The number of benzene rings is 2. The van der Waals surface area contributed by atoms with Gasteiger partial charge < -0.3 is 5.32 Å². The van der Waals surface area contributed by atoms with Crippen LogP contribution in [0.3, 0.4) is 0 Å². The molecule has 3 aromatic rings. The Bertz CT molecular complexity index is 640. The van der Waals surface area contributed by atoms with Gasteiger partial charge in [0.15, 0.2) is 5.13 Å². The summed E-state index contributed by atoms with van der Waals surface area (Å²) in [5.41, 5.74) is 3.69. The molecule has 0 aliphatic rings. The Balaban J connectivity index is 1.79. The van der Waals surface area contributed by atoms with E-state index in [1.165, 1.54) is 15.8 Å². The number of aryl methyl sites for hydroxylation is 1. The molecule has 18 heavy (non-hydrogen) atoms. The molecule has 0 saturated heterocycles. The minimum Gasteiger partial charge on any atom is -0.357 e. The first-order chi connectivity index (χ1) is 8.83. The van der Waals surface area contributed by atoms with Crippen molar-refractivity contribution < 1.29 is 0 Å². The van der Waals surface area contributed by atoms with Crippen molar-refractivity contribution in [2.45, 2.75) is 13.5 Å². The first kappa shape index (κ1) is 11.2. The molecule has 1 aromatic heterocycles. The lowest BCUT2D eigenvalue weighted by atomic mass is 10.1. The molecule has 1 heterocycles. The molecule has 2 aromatic carbocycles. The van der Waals surface area contributed by atoms with Crippen LogP contribution in [0.15, 0.2) is 48.5 Å². The van der Waals surface area contributed by atoms with Gasteiger partial charge in [-0.2, -0.15) is 0 Å². The fourth-order valence-electron chi connectivity index (χ4n) is 1.93. The van der Waals surface area contributed by atoms with E-state index in [1.54, 1.807) is 11.3 Å². The number of nitrogens with zero attached hydrogens (tertiary/aromatic N) is 1. The number of rotatable bonds is 3. The second-order valence-corrected chi connectivity index (χ2v) is 5.30. The van der Waals surface area contributed by atoms with Gasteiger partial charge in [0.25, 0.3) is 0 Å². The van der Waals surface area contributed by atoms with E-state index in [1.807, 2.05) is 18.2 Å². The Hall–Kier alpha value is -1.87. The third kappa shape index (κ3) is 2.22. The average molecular weight is 254 g/mol. The number of hydrogen-bond acceptors (Lipinski definition) is 3. The predicted molar refractivity (Wildman–Crippen MR) is 78.1 cm³/mol. The standard InChI is InChI=1S/C15H14N2S/c1-11-6-2-3-7-12(11)10-16-15-17-13-8-4-5-9-14(13)18-15/h2-9H,10H2,1H3,(H,16,17). The molecule has 0 atom stereocenters. The van der Waals surface area contributed by atoms with E-state index in [2.05, 4.69) is 47.6 Å². The summed E-state index contributed by atoms with van der Waals surface area (Å²) >= 11 is 1.70. The largest absolute Gasteiger partial charge is 0.357 e. The first-order valence-corrected chi connectivity index (χ1v) is 6.78. The molecule has 0 saturated carbocycles. The fourth-order valence-corrected chi connectivity index (χ4v) is 2.79. The fraction of sp³-hybridized carbons (Fsp3) is 0.133. The van der Waals surface area contributed by atoms with Crippen molar-refractivity contribution >= 4 is 26.7 Å². The lowest BCUT2D eigenvalue weighted by Gasteiger charge is -2.05. The number of anilines is 1.